The predicted molar refractivity (Wildman–Crippen MR) is 211 cm³/mol. The zero-order valence-corrected chi connectivity index (χ0v) is 30.0. The first-order valence-corrected chi connectivity index (χ1v) is 15.5. The van der Waals surface area contributed by atoms with Gasteiger partial charge in [0.2, 0.25) is 0 Å². The van der Waals surface area contributed by atoms with Crippen LogP contribution in [0, 0.1) is 0 Å². The number of hydrogen-bond acceptors (Lipinski definition) is 0. The zero-order valence-electron chi connectivity index (χ0n) is 30.0. The van der Waals surface area contributed by atoms with E-state index in [4.69, 9.17) is 0 Å². The van der Waals surface area contributed by atoms with Gasteiger partial charge in [-0.25, -0.2) is 0 Å². The Balaban J connectivity index is 2.70. The van der Waals surface area contributed by atoms with E-state index in [0.29, 0.717) is 22.3 Å². The standard InChI is InChI=1S/C60/c1-2-6-10-14-18-22-26-30-34-38-42-46-50-54-58-57(53-49-45-41-37-33-29-25-21-17-13-9-5-1)59-55-51-47-43-39-35-31-27-23-19-15-11-7-3-4-8-12-16-20-24-28-32-36-40-44-48-52-56-60(58)59. The Morgan fingerprint density at radius 3 is 0.233 bits per heavy atom. The molecule has 1 fully saturated rings. The molecule has 0 heteroatoms. The molecule has 0 aromatic carbocycles. The first-order valence-electron chi connectivity index (χ1n) is 15.5. The van der Waals surface area contributed by atoms with Crippen molar-refractivity contribution in [3.8, 4) is 0 Å². The lowest BCUT2D eigenvalue weighted by Crippen LogP contribution is -2.09. The molecule has 0 unspecified atom stereocenters. The maximum Gasteiger partial charge on any atom is 0.0595 e. The Bertz CT molecular complexity index is 3890. The first kappa shape index (κ1) is 41.6. The van der Waals surface area contributed by atoms with Gasteiger partial charge in [0.15, 0.2) is 0 Å². The fraction of sp³-hybridized carbons (Fsp3) is 0. The van der Waals surface area contributed by atoms with Crippen molar-refractivity contribution in [3.05, 3.63) is 343 Å². The smallest absolute Gasteiger partial charge is 0.0501 e. The van der Waals surface area contributed by atoms with Crippen molar-refractivity contribution >= 4 is 0 Å². The highest BCUT2D eigenvalue weighted by Gasteiger charge is 2.30. The molecule has 0 aromatic heterocycles. The summed E-state index contributed by atoms with van der Waals surface area (Å²) in [6, 6.07) is 0. The number of allylic oxidation sites excluding steroid dienone is 4. The molecule has 60 heavy (non-hydrogen) atoms. The molecule has 240 valence electrons. The van der Waals surface area contributed by atoms with Gasteiger partial charge >= 0.3 is 0 Å². The summed E-state index contributed by atoms with van der Waals surface area (Å²) >= 11 is 0. The van der Waals surface area contributed by atoms with Crippen LogP contribution < -0.4 is 0 Å². The summed E-state index contributed by atoms with van der Waals surface area (Å²) in [7, 11) is 0. The third-order valence-corrected chi connectivity index (χ3v) is 4.88. The summed E-state index contributed by atoms with van der Waals surface area (Å²) in [4.78, 5) is 0. The molecule has 0 nitrogen and oxygen atoms in total. The van der Waals surface area contributed by atoms with E-state index in [1.165, 1.54) is 0 Å². The molecular weight excluding hydrogens is 721 g/mol. The van der Waals surface area contributed by atoms with E-state index in [2.05, 4.69) is 321 Å². The molecule has 0 spiro atoms. The predicted octanol–water partition coefficient (Wildman–Crippen LogP) is 9.31. The normalized spacial score (nSPS) is 9.87. The van der Waals surface area contributed by atoms with Gasteiger partial charge in [0.25, 0.3) is 0 Å². The zero-order chi connectivity index (χ0) is 41.9. The number of hydrogen-bond donors (Lipinski definition) is 0. The average molecular weight is 721 g/mol. The molecule has 0 bridgehead atoms. The largest absolute Gasteiger partial charge is 0.0595 e. The lowest BCUT2D eigenvalue weighted by molar-refractivity contribution is 1.26. The lowest BCUT2D eigenvalue weighted by Gasteiger charge is -2.20. The fourth-order valence-electron chi connectivity index (χ4n) is 2.81. The summed E-state index contributed by atoms with van der Waals surface area (Å²) in [5, 5.41) is 0. The van der Waals surface area contributed by atoms with E-state index < -0.39 is 0 Å². The first-order chi connectivity index (χ1) is 30.0. The van der Waals surface area contributed by atoms with Crippen LogP contribution in [0.3, 0.4) is 0 Å². The summed E-state index contributed by atoms with van der Waals surface area (Å²) in [6.45, 7) is 0. The Morgan fingerprint density at radius 2 is 0.150 bits per heavy atom. The van der Waals surface area contributed by atoms with Gasteiger partial charge in [0.05, 0.1) is 22.3 Å². The van der Waals surface area contributed by atoms with Crippen LogP contribution in [0.1, 0.15) is 0 Å². The van der Waals surface area contributed by atoms with Crippen molar-refractivity contribution in [3.63, 3.8) is 0 Å². The molecule has 0 heterocycles. The minimum absolute atomic E-state index is 0.437. The van der Waals surface area contributed by atoms with E-state index in [1.54, 1.807) is 0 Å². The van der Waals surface area contributed by atoms with Crippen molar-refractivity contribution in [2.45, 2.75) is 0 Å². The molecule has 3 aliphatic rings. The Hall–Kier alpha value is -12.8. The summed E-state index contributed by atoms with van der Waals surface area (Å²) in [6.07, 6.45) is 0. The van der Waals surface area contributed by atoms with Crippen LogP contribution in [0.2, 0.25) is 0 Å². The van der Waals surface area contributed by atoms with Gasteiger partial charge < -0.3 is 0 Å². The summed E-state index contributed by atoms with van der Waals surface area (Å²) in [5.41, 5.74) is 147. The number of rotatable bonds is 0. The minimum Gasteiger partial charge on any atom is -0.0501 e. The van der Waals surface area contributed by atoms with Crippen LogP contribution in [0.5, 0.6) is 0 Å². The van der Waals surface area contributed by atoms with E-state index in [0.717, 1.165) is 0 Å². The van der Waals surface area contributed by atoms with Crippen LogP contribution in [-0.4, -0.2) is 0 Å². The maximum absolute atomic E-state index is 2.95. The van der Waals surface area contributed by atoms with Gasteiger partial charge in [-0.2, -0.15) is 0 Å². The molecule has 0 radical (unpaired) electrons. The minimum atomic E-state index is 0.437. The van der Waals surface area contributed by atoms with Crippen LogP contribution >= 0.6 is 0 Å². The highest BCUT2D eigenvalue weighted by molar-refractivity contribution is 5.77. The highest BCUT2D eigenvalue weighted by Crippen LogP contribution is 2.41. The van der Waals surface area contributed by atoms with Gasteiger partial charge in [-0.1, -0.05) is 22.9 Å². The molecule has 3 rings (SSSR count). The lowest BCUT2D eigenvalue weighted by atomic mass is 9.76. The highest BCUT2D eigenvalue weighted by atomic mass is 14.3. The second-order valence-electron chi connectivity index (χ2n) is 8.50. The quantitative estimate of drug-likeness (QED) is 0.219. The maximum atomic E-state index is 2.95. The van der Waals surface area contributed by atoms with Gasteiger partial charge in [0, 0.05) is 115 Å². The molecule has 0 saturated heterocycles. The molecule has 3 aliphatic carbocycles. The summed E-state index contributed by atoms with van der Waals surface area (Å²) < 4.78 is 0. The second kappa shape index (κ2) is 30.9. The monoisotopic (exact) mass is 720 g/mol. The van der Waals surface area contributed by atoms with Crippen LogP contribution in [0.15, 0.2) is 343 Å². The van der Waals surface area contributed by atoms with Gasteiger partial charge in [-0.3, -0.25) is 0 Å². The van der Waals surface area contributed by atoms with Crippen molar-refractivity contribution in [1.29, 1.82) is 0 Å². The topological polar surface area (TPSA) is 0 Å². The van der Waals surface area contributed by atoms with Gasteiger partial charge in [-0.15, -0.1) is 0 Å². The molecule has 0 aromatic rings. The van der Waals surface area contributed by atoms with Gasteiger partial charge in [0.1, 0.15) is 0 Å². The van der Waals surface area contributed by atoms with Crippen LogP contribution in [0.25, 0.3) is 0 Å². The average Bonchev–Trinajstić information content (AvgIpc) is 3.25. The SMILES string of the molecule is C1=C=C=C=C=C=C=C=C=C=C=C=C=C=C=C2C(=C=C=C=C=C=C=C=C=C=C=C=C=C=1)C1=C=C=C=C=C=C=C=C=C=C=C=C=C=C=C=C=C=C=C=C=C=C=C=C=C=C=C=C=C21. The molecule has 0 atom stereocenters. The van der Waals surface area contributed by atoms with Crippen molar-refractivity contribution < 1.29 is 0 Å². The summed E-state index contributed by atoms with van der Waals surface area (Å²) in [5.74, 6) is 0. The number of fused-ring (bicyclic) bond motifs is 4. The Labute approximate surface area is 341 Å². The fourth-order valence-corrected chi connectivity index (χ4v) is 2.81. The van der Waals surface area contributed by atoms with Crippen LogP contribution in [-0.2, 0) is 0 Å². The molecular formula is C60. The van der Waals surface area contributed by atoms with E-state index in [-0.39, 0.29) is 0 Å². The third kappa shape index (κ3) is 20.7. The molecule has 0 amide bonds. The second-order valence-corrected chi connectivity index (χ2v) is 8.50. The molecule has 1 saturated carbocycles. The Kier molecular flexibility index (Phi) is 21.4. The van der Waals surface area contributed by atoms with Crippen LogP contribution in [0.4, 0.5) is 0 Å². The third-order valence-electron chi connectivity index (χ3n) is 4.88. The molecule has 0 aliphatic heterocycles. The van der Waals surface area contributed by atoms with E-state index in [1.807, 2.05) is 0 Å². The van der Waals surface area contributed by atoms with E-state index in [9.17, 15) is 0 Å². The van der Waals surface area contributed by atoms with Crippen molar-refractivity contribution in [1.82, 2.24) is 0 Å². The van der Waals surface area contributed by atoms with Gasteiger partial charge in [-0.05, 0) is 183 Å². The Morgan fingerprint density at radius 1 is 0.0833 bits per heavy atom. The van der Waals surface area contributed by atoms with Crippen molar-refractivity contribution in [2.75, 3.05) is 0 Å². The van der Waals surface area contributed by atoms with E-state index >= 15 is 0 Å². The molecule has 0 N–H and O–H groups in total. The van der Waals surface area contributed by atoms with Crippen molar-refractivity contribution in [2.24, 2.45) is 0 Å².